The van der Waals surface area contributed by atoms with E-state index in [2.05, 4.69) is 48.1 Å². The Morgan fingerprint density at radius 3 is 2.00 bits per heavy atom. The summed E-state index contributed by atoms with van der Waals surface area (Å²) < 4.78 is 0. The van der Waals surface area contributed by atoms with Crippen molar-refractivity contribution in [1.82, 2.24) is 0 Å². The Balaban J connectivity index is 3.17. The van der Waals surface area contributed by atoms with Crippen LogP contribution < -0.4 is 0 Å². The van der Waals surface area contributed by atoms with Gasteiger partial charge in [-0.1, -0.05) is 0 Å². The van der Waals surface area contributed by atoms with Crippen LogP contribution in [0.4, 0.5) is 0 Å². The van der Waals surface area contributed by atoms with Crippen molar-refractivity contribution < 1.29 is 0 Å². The summed E-state index contributed by atoms with van der Waals surface area (Å²) >= 11 is 3.04. The van der Waals surface area contributed by atoms with Crippen LogP contribution in [0.3, 0.4) is 0 Å². The molecule has 0 aliphatic heterocycles. The average molecular weight is 198 g/mol. The maximum atomic E-state index is 3.04. The summed E-state index contributed by atoms with van der Waals surface area (Å²) in [6.45, 7) is 4.30. The predicted molar refractivity (Wildman–Crippen MR) is 45.4 cm³/mol. The first kappa shape index (κ1) is 7.84. The molecule has 0 atom stereocenters. The van der Waals surface area contributed by atoms with Gasteiger partial charge in [-0.3, -0.25) is 0 Å². The molecule has 0 aliphatic carbocycles. The third kappa shape index (κ3) is 1.42. The standard InChI is InChI=1S/C9H11Se/c1-7-4-3-5-8(2)9(7)6-10/h3-5H,6H2,1-2H3. The summed E-state index contributed by atoms with van der Waals surface area (Å²) in [5.41, 5.74) is 4.22. The Bertz CT molecular complexity index is 208. The Morgan fingerprint density at radius 2 is 1.70 bits per heavy atom. The molecule has 0 aliphatic rings. The van der Waals surface area contributed by atoms with Crippen LogP contribution >= 0.6 is 0 Å². The number of hydrogen-bond donors (Lipinski definition) is 0. The SMILES string of the molecule is Cc1cccc(C)c1C[Se]. The van der Waals surface area contributed by atoms with E-state index in [9.17, 15) is 0 Å². The molecular formula is C9H11Se. The summed E-state index contributed by atoms with van der Waals surface area (Å²) in [4.78, 5) is 0. The molecule has 10 heavy (non-hydrogen) atoms. The van der Waals surface area contributed by atoms with Crippen LogP contribution in [0.2, 0.25) is 0 Å². The van der Waals surface area contributed by atoms with E-state index in [4.69, 9.17) is 0 Å². The van der Waals surface area contributed by atoms with Crippen LogP contribution in [0.1, 0.15) is 16.7 Å². The second kappa shape index (κ2) is 3.23. The zero-order chi connectivity index (χ0) is 7.56. The van der Waals surface area contributed by atoms with Crippen molar-refractivity contribution >= 4 is 16.0 Å². The van der Waals surface area contributed by atoms with Gasteiger partial charge in [0.05, 0.1) is 0 Å². The first-order valence-corrected chi connectivity index (χ1v) is 4.60. The zero-order valence-electron chi connectivity index (χ0n) is 6.35. The third-order valence-electron chi connectivity index (χ3n) is 1.79. The molecule has 0 fully saturated rings. The van der Waals surface area contributed by atoms with Crippen LogP contribution in [-0.2, 0) is 5.32 Å². The van der Waals surface area contributed by atoms with Crippen LogP contribution in [0, 0.1) is 13.8 Å². The third-order valence-corrected chi connectivity index (χ3v) is 2.39. The molecule has 1 aromatic carbocycles. The maximum absolute atomic E-state index is 3.04. The summed E-state index contributed by atoms with van der Waals surface area (Å²) in [5.74, 6) is 0. The predicted octanol–water partition coefficient (Wildman–Crippen LogP) is 1.97. The van der Waals surface area contributed by atoms with Crippen LogP contribution in [0.15, 0.2) is 18.2 Å². The van der Waals surface area contributed by atoms with Gasteiger partial charge in [-0.15, -0.1) is 0 Å². The Labute approximate surface area is 70.5 Å². The number of hydrogen-bond acceptors (Lipinski definition) is 0. The van der Waals surface area contributed by atoms with E-state index in [1.807, 2.05) is 0 Å². The topological polar surface area (TPSA) is 0 Å². The van der Waals surface area contributed by atoms with Gasteiger partial charge in [0.15, 0.2) is 0 Å². The van der Waals surface area contributed by atoms with E-state index in [0.717, 1.165) is 5.32 Å². The summed E-state index contributed by atoms with van der Waals surface area (Å²) in [7, 11) is 0. The molecule has 0 amide bonds. The van der Waals surface area contributed by atoms with Gasteiger partial charge in [-0.05, 0) is 0 Å². The molecule has 0 unspecified atom stereocenters. The van der Waals surface area contributed by atoms with Crippen molar-refractivity contribution in [3.05, 3.63) is 34.9 Å². The van der Waals surface area contributed by atoms with Crippen molar-refractivity contribution in [3.63, 3.8) is 0 Å². The Hall–Kier alpha value is -0.261. The molecule has 0 N–H and O–H groups in total. The fraction of sp³-hybridized carbons (Fsp3) is 0.333. The van der Waals surface area contributed by atoms with Crippen LogP contribution in [0.25, 0.3) is 0 Å². The second-order valence-corrected chi connectivity index (χ2v) is 3.12. The normalized spacial score (nSPS) is 9.90. The van der Waals surface area contributed by atoms with Crippen molar-refractivity contribution in [2.75, 3.05) is 0 Å². The number of rotatable bonds is 1. The van der Waals surface area contributed by atoms with E-state index in [-0.39, 0.29) is 0 Å². The monoisotopic (exact) mass is 199 g/mol. The fourth-order valence-corrected chi connectivity index (χ4v) is 2.03. The molecule has 0 heterocycles. The van der Waals surface area contributed by atoms with Crippen molar-refractivity contribution in [2.24, 2.45) is 0 Å². The minimum absolute atomic E-state index is 1.03. The quantitative estimate of drug-likeness (QED) is 0.605. The van der Waals surface area contributed by atoms with Gasteiger partial charge in [-0.2, -0.15) is 0 Å². The number of benzene rings is 1. The van der Waals surface area contributed by atoms with Crippen molar-refractivity contribution in [2.45, 2.75) is 19.2 Å². The molecule has 0 bridgehead atoms. The van der Waals surface area contributed by atoms with E-state index in [0.29, 0.717) is 0 Å². The van der Waals surface area contributed by atoms with Gasteiger partial charge in [0.2, 0.25) is 0 Å². The molecule has 0 nitrogen and oxygen atoms in total. The summed E-state index contributed by atoms with van der Waals surface area (Å²) in [5, 5.41) is 1.03. The molecule has 0 saturated carbocycles. The molecule has 1 heteroatoms. The van der Waals surface area contributed by atoms with Gasteiger partial charge >= 0.3 is 70.1 Å². The van der Waals surface area contributed by atoms with Crippen molar-refractivity contribution in [1.29, 1.82) is 0 Å². The Kier molecular flexibility index (Phi) is 2.53. The molecule has 0 aromatic heterocycles. The molecule has 1 radical (unpaired) electrons. The first-order valence-electron chi connectivity index (χ1n) is 3.39. The minimum atomic E-state index is 1.03. The van der Waals surface area contributed by atoms with Crippen molar-refractivity contribution in [3.8, 4) is 0 Å². The van der Waals surface area contributed by atoms with Gasteiger partial charge in [-0.25, -0.2) is 0 Å². The van der Waals surface area contributed by atoms with Gasteiger partial charge < -0.3 is 0 Å². The van der Waals surface area contributed by atoms with Crippen LogP contribution in [0.5, 0.6) is 0 Å². The van der Waals surface area contributed by atoms with Gasteiger partial charge in [0.25, 0.3) is 0 Å². The fourth-order valence-electron chi connectivity index (χ4n) is 1.08. The van der Waals surface area contributed by atoms with Gasteiger partial charge in [0, 0.05) is 0 Å². The zero-order valence-corrected chi connectivity index (χ0v) is 8.06. The van der Waals surface area contributed by atoms with E-state index < -0.39 is 0 Å². The molecule has 0 saturated heterocycles. The van der Waals surface area contributed by atoms with E-state index >= 15 is 0 Å². The number of aryl methyl sites for hydroxylation is 2. The first-order chi connectivity index (χ1) is 4.75. The second-order valence-electron chi connectivity index (χ2n) is 2.51. The molecule has 0 spiro atoms. The summed E-state index contributed by atoms with van der Waals surface area (Å²) in [6, 6.07) is 6.41. The van der Waals surface area contributed by atoms with Gasteiger partial charge in [0.1, 0.15) is 0 Å². The molecule has 53 valence electrons. The Morgan fingerprint density at radius 1 is 1.20 bits per heavy atom. The van der Waals surface area contributed by atoms with E-state index in [1.165, 1.54) is 16.7 Å². The molecular weight excluding hydrogens is 187 g/mol. The molecule has 1 rings (SSSR count). The molecule has 1 aromatic rings. The summed E-state index contributed by atoms with van der Waals surface area (Å²) in [6.07, 6.45) is 0. The van der Waals surface area contributed by atoms with Crippen LogP contribution in [-0.4, -0.2) is 16.0 Å². The van der Waals surface area contributed by atoms with E-state index in [1.54, 1.807) is 0 Å². The average Bonchev–Trinajstić information content (AvgIpc) is 1.88.